The number of benzene rings is 1. The van der Waals surface area contributed by atoms with Crippen LogP contribution in [0, 0.1) is 12.3 Å². The Morgan fingerprint density at radius 2 is 2.13 bits per heavy atom. The van der Waals surface area contributed by atoms with Crippen molar-refractivity contribution in [1.82, 2.24) is 0 Å². The van der Waals surface area contributed by atoms with E-state index in [1.807, 2.05) is 30.3 Å². The highest BCUT2D eigenvalue weighted by Gasteiger charge is 2.33. The molecule has 2 nitrogen and oxygen atoms in total. The molecule has 1 saturated heterocycles. The second-order valence-corrected chi connectivity index (χ2v) is 3.90. The molecule has 0 amide bonds. The molecule has 15 heavy (non-hydrogen) atoms. The van der Waals surface area contributed by atoms with Crippen LogP contribution in [0.2, 0.25) is 0 Å². The van der Waals surface area contributed by atoms with Crippen molar-refractivity contribution in [2.45, 2.75) is 24.5 Å². The van der Waals surface area contributed by atoms with Crippen molar-refractivity contribution in [2.24, 2.45) is 0 Å². The van der Waals surface area contributed by atoms with Gasteiger partial charge in [0.25, 0.3) is 0 Å². The van der Waals surface area contributed by atoms with Gasteiger partial charge in [-0.05, 0) is 5.56 Å². The van der Waals surface area contributed by atoms with E-state index >= 15 is 0 Å². The van der Waals surface area contributed by atoms with Gasteiger partial charge in [0.15, 0.2) is 0 Å². The van der Waals surface area contributed by atoms with Gasteiger partial charge in [-0.3, -0.25) is 0 Å². The minimum absolute atomic E-state index is 0.0824. The summed E-state index contributed by atoms with van der Waals surface area (Å²) in [6.45, 7) is 0.514. The largest absolute Gasteiger partial charge is 0.377 e. The first-order chi connectivity index (χ1) is 7.23. The quantitative estimate of drug-likeness (QED) is 0.705. The first kappa shape index (κ1) is 10.2. The molecule has 0 bridgehead atoms. The number of terminal acetylenes is 1. The summed E-state index contributed by atoms with van der Waals surface area (Å²) in [4.78, 5) is 0. The molecule has 0 aromatic heterocycles. The fraction of sp³-hybridized carbons (Fsp3) is 0.385. The van der Waals surface area contributed by atoms with E-state index in [1.165, 1.54) is 0 Å². The maximum absolute atomic E-state index is 10.00. The fourth-order valence-corrected chi connectivity index (χ4v) is 1.85. The zero-order valence-corrected chi connectivity index (χ0v) is 8.52. The van der Waals surface area contributed by atoms with Crippen LogP contribution in [-0.2, 0) is 4.74 Å². The lowest BCUT2D eigenvalue weighted by molar-refractivity contribution is -0.0758. The van der Waals surface area contributed by atoms with Gasteiger partial charge >= 0.3 is 0 Å². The van der Waals surface area contributed by atoms with Gasteiger partial charge in [-0.15, -0.1) is 6.42 Å². The smallest absolute Gasteiger partial charge is 0.130 e. The molecular weight excluding hydrogens is 188 g/mol. The lowest BCUT2D eigenvalue weighted by atomic mass is 9.88. The van der Waals surface area contributed by atoms with Crippen LogP contribution in [0.15, 0.2) is 30.3 Å². The second-order valence-electron chi connectivity index (χ2n) is 3.90. The summed E-state index contributed by atoms with van der Waals surface area (Å²) in [5.74, 6) is 2.46. The average Bonchev–Trinajstić information content (AvgIpc) is 2.30. The lowest BCUT2D eigenvalue weighted by Crippen LogP contribution is -2.35. The second kappa shape index (κ2) is 4.06. The lowest BCUT2D eigenvalue weighted by Gasteiger charge is -2.33. The van der Waals surface area contributed by atoms with Gasteiger partial charge in [0, 0.05) is 12.8 Å². The van der Waals surface area contributed by atoms with Crippen molar-refractivity contribution < 1.29 is 9.84 Å². The summed E-state index contributed by atoms with van der Waals surface area (Å²) in [5, 5.41) is 10.00. The van der Waals surface area contributed by atoms with Crippen molar-refractivity contribution >= 4 is 0 Å². The third kappa shape index (κ3) is 2.20. The predicted octanol–water partition coefficient (Wildman–Crippen LogP) is 1.90. The molecule has 2 atom stereocenters. The van der Waals surface area contributed by atoms with Crippen LogP contribution in [0.4, 0.5) is 0 Å². The fourth-order valence-electron chi connectivity index (χ4n) is 1.85. The molecule has 2 rings (SSSR count). The molecule has 0 aliphatic carbocycles. The summed E-state index contributed by atoms with van der Waals surface area (Å²) >= 11 is 0. The molecule has 1 aliphatic heterocycles. The molecule has 1 heterocycles. The van der Waals surface area contributed by atoms with Gasteiger partial charge in [0.1, 0.15) is 5.60 Å². The third-order valence-electron chi connectivity index (χ3n) is 2.80. The van der Waals surface area contributed by atoms with Crippen molar-refractivity contribution in [2.75, 3.05) is 6.61 Å². The van der Waals surface area contributed by atoms with Crippen LogP contribution in [0.1, 0.15) is 24.5 Å². The molecule has 1 aliphatic rings. The molecule has 2 heteroatoms. The standard InChI is InChI=1S/C13H14O2/c1-2-13(14)8-9-15-12(10-13)11-6-4-3-5-7-11/h1,3-7,12,14H,8-10H2/t12-,13+/m0/s1. The zero-order valence-electron chi connectivity index (χ0n) is 8.52. The number of hydrogen-bond acceptors (Lipinski definition) is 2. The van der Waals surface area contributed by atoms with Gasteiger partial charge < -0.3 is 9.84 Å². The minimum atomic E-state index is -1.00. The van der Waals surface area contributed by atoms with E-state index in [0.717, 1.165) is 5.56 Å². The molecule has 78 valence electrons. The topological polar surface area (TPSA) is 29.5 Å². The predicted molar refractivity (Wildman–Crippen MR) is 58.2 cm³/mol. The molecule has 0 spiro atoms. The number of aliphatic hydroxyl groups is 1. The summed E-state index contributed by atoms with van der Waals surface area (Å²) in [5.41, 5.74) is 0.0737. The Hall–Kier alpha value is -1.30. The Kier molecular flexibility index (Phi) is 2.77. The Bertz CT molecular complexity index is 366. The maximum Gasteiger partial charge on any atom is 0.130 e. The van der Waals surface area contributed by atoms with E-state index < -0.39 is 5.60 Å². The van der Waals surface area contributed by atoms with Crippen molar-refractivity contribution in [1.29, 1.82) is 0 Å². The van der Waals surface area contributed by atoms with Gasteiger partial charge in [-0.1, -0.05) is 36.3 Å². The SMILES string of the molecule is C#C[C@@]1(O)CCO[C@H](c2ccccc2)C1. The highest BCUT2D eigenvalue weighted by Crippen LogP contribution is 2.33. The molecule has 0 unspecified atom stereocenters. The van der Waals surface area contributed by atoms with Crippen LogP contribution in [0.25, 0.3) is 0 Å². The molecule has 1 N–H and O–H groups in total. The molecule has 1 aromatic rings. The van der Waals surface area contributed by atoms with Crippen LogP contribution in [0.5, 0.6) is 0 Å². The van der Waals surface area contributed by atoms with Crippen molar-refractivity contribution in [3.8, 4) is 12.3 Å². The van der Waals surface area contributed by atoms with Crippen LogP contribution in [-0.4, -0.2) is 17.3 Å². The molecule has 1 fully saturated rings. The number of ether oxygens (including phenoxy) is 1. The Morgan fingerprint density at radius 1 is 1.40 bits per heavy atom. The average molecular weight is 202 g/mol. The Balaban J connectivity index is 2.16. The zero-order chi connectivity index (χ0) is 10.7. The van der Waals surface area contributed by atoms with Gasteiger partial charge in [0.05, 0.1) is 12.7 Å². The molecule has 0 radical (unpaired) electrons. The van der Waals surface area contributed by atoms with E-state index in [1.54, 1.807) is 0 Å². The number of rotatable bonds is 1. The van der Waals surface area contributed by atoms with Gasteiger partial charge in [0.2, 0.25) is 0 Å². The van der Waals surface area contributed by atoms with Crippen LogP contribution >= 0.6 is 0 Å². The Morgan fingerprint density at radius 3 is 2.80 bits per heavy atom. The first-order valence-corrected chi connectivity index (χ1v) is 5.10. The summed E-state index contributed by atoms with van der Waals surface area (Å²) in [6, 6.07) is 9.87. The summed E-state index contributed by atoms with van der Waals surface area (Å²) < 4.78 is 5.61. The summed E-state index contributed by atoms with van der Waals surface area (Å²) in [6.07, 6.45) is 6.24. The normalized spacial score (nSPS) is 30.8. The maximum atomic E-state index is 10.00. The summed E-state index contributed by atoms with van der Waals surface area (Å²) in [7, 11) is 0. The van der Waals surface area contributed by atoms with E-state index in [2.05, 4.69) is 5.92 Å². The van der Waals surface area contributed by atoms with Crippen molar-refractivity contribution in [3.63, 3.8) is 0 Å². The number of hydrogen-bond donors (Lipinski definition) is 1. The highest BCUT2D eigenvalue weighted by atomic mass is 16.5. The molecule has 0 saturated carbocycles. The molecular formula is C13H14O2. The van der Waals surface area contributed by atoms with E-state index in [-0.39, 0.29) is 6.10 Å². The Labute approximate surface area is 89.9 Å². The van der Waals surface area contributed by atoms with E-state index in [0.29, 0.717) is 19.4 Å². The first-order valence-electron chi connectivity index (χ1n) is 5.10. The monoisotopic (exact) mass is 202 g/mol. The third-order valence-corrected chi connectivity index (χ3v) is 2.80. The highest BCUT2D eigenvalue weighted by molar-refractivity contribution is 5.21. The minimum Gasteiger partial charge on any atom is -0.377 e. The van der Waals surface area contributed by atoms with Gasteiger partial charge in [-0.2, -0.15) is 0 Å². The van der Waals surface area contributed by atoms with Crippen LogP contribution < -0.4 is 0 Å². The van der Waals surface area contributed by atoms with E-state index in [9.17, 15) is 5.11 Å². The van der Waals surface area contributed by atoms with Gasteiger partial charge in [-0.25, -0.2) is 0 Å². The van der Waals surface area contributed by atoms with Crippen molar-refractivity contribution in [3.05, 3.63) is 35.9 Å². The molecule has 1 aromatic carbocycles. The van der Waals surface area contributed by atoms with E-state index in [4.69, 9.17) is 11.2 Å². The van der Waals surface area contributed by atoms with Crippen LogP contribution in [0.3, 0.4) is 0 Å².